The number of allylic oxidation sites excluding steroid dienone is 3. The summed E-state index contributed by atoms with van der Waals surface area (Å²) in [6, 6.07) is 27.9. The van der Waals surface area contributed by atoms with Crippen molar-refractivity contribution in [1.82, 2.24) is 0 Å². The molecule has 1 saturated carbocycles. The summed E-state index contributed by atoms with van der Waals surface area (Å²) in [6.45, 7) is 2.52. The van der Waals surface area contributed by atoms with E-state index in [2.05, 4.69) is 116 Å². The van der Waals surface area contributed by atoms with Crippen LogP contribution >= 0.6 is 11.8 Å². The molecule has 2 heterocycles. The van der Waals surface area contributed by atoms with E-state index in [1.807, 2.05) is 0 Å². The lowest BCUT2D eigenvalue weighted by Crippen LogP contribution is -2.37. The summed E-state index contributed by atoms with van der Waals surface area (Å²) in [5.41, 5.74) is 7.42. The van der Waals surface area contributed by atoms with E-state index in [0.717, 1.165) is 25.0 Å². The molecule has 1 fully saturated rings. The Morgan fingerprint density at radius 3 is 2.61 bits per heavy atom. The molecule has 2 nitrogen and oxygen atoms in total. The van der Waals surface area contributed by atoms with Gasteiger partial charge in [-0.15, -0.1) is 11.8 Å². The molecule has 0 N–H and O–H groups in total. The minimum atomic E-state index is 0.0517. The highest BCUT2D eigenvalue weighted by molar-refractivity contribution is 8.00. The second-order valence-corrected chi connectivity index (χ2v) is 14.4. The van der Waals surface area contributed by atoms with E-state index in [-0.39, 0.29) is 23.4 Å². The predicted molar refractivity (Wildman–Crippen MR) is 167 cm³/mol. The van der Waals surface area contributed by atoms with Crippen molar-refractivity contribution in [2.75, 3.05) is 0 Å². The molecule has 3 aromatic carbocycles. The number of hydrogen-bond acceptors (Lipinski definition) is 3. The van der Waals surface area contributed by atoms with Crippen LogP contribution in [0, 0.1) is 17.2 Å². The average Bonchev–Trinajstić information content (AvgIpc) is 3.54. The van der Waals surface area contributed by atoms with E-state index in [1.54, 1.807) is 5.56 Å². The van der Waals surface area contributed by atoms with E-state index in [4.69, 9.17) is 4.74 Å². The number of benzene rings is 3. The fourth-order valence-corrected chi connectivity index (χ4v) is 10.3. The van der Waals surface area contributed by atoms with Crippen LogP contribution in [0.3, 0.4) is 0 Å². The van der Waals surface area contributed by atoms with Crippen LogP contribution in [0.2, 0.25) is 0 Å². The summed E-state index contributed by atoms with van der Waals surface area (Å²) in [5, 5.41) is 10.7. The zero-order valence-corrected chi connectivity index (χ0v) is 24.5. The SMILES string of the molecule is C[C@]12CC(c3cc(C4C=CC5Oc6ccccc6C5C4)cc(C4CC=CCC4C#N)c3)CCC1Sc1ccccc12. The fraction of sp³-hybridized carbons (Fsp3) is 0.395. The highest BCUT2D eigenvalue weighted by atomic mass is 32.2. The van der Waals surface area contributed by atoms with Gasteiger partial charge in [0.1, 0.15) is 11.9 Å². The van der Waals surface area contributed by atoms with Crippen molar-refractivity contribution in [2.24, 2.45) is 5.92 Å². The number of hydrogen-bond donors (Lipinski definition) is 0. The van der Waals surface area contributed by atoms with Crippen molar-refractivity contribution in [3.8, 4) is 11.8 Å². The second kappa shape index (κ2) is 9.95. The van der Waals surface area contributed by atoms with Gasteiger partial charge in [0.15, 0.2) is 0 Å². The third-order valence-corrected chi connectivity index (χ3v) is 12.5. The first-order chi connectivity index (χ1) is 20.1. The summed E-state index contributed by atoms with van der Waals surface area (Å²) >= 11 is 2.11. The molecule has 0 aromatic heterocycles. The van der Waals surface area contributed by atoms with Crippen LogP contribution in [0.4, 0.5) is 0 Å². The van der Waals surface area contributed by atoms with Crippen molar-refractivity contribution >= 4 is 11.8 Å². The second-order valence-electron chi connectivity index (χ2n) is 13.2. The van der Waals surface area contributed by atoms with Crippen LogP contribution < -0.4 is 4.74 Å². The number of rotatable bonds is 3. The number of para-hydroxylation sites is 1. The minimum Gasteiger partial charge on any atom is -0.485 e. The van der Waals surface area contributed by atoms with Gasteiger partial charge in [-0.1, -0.05) is 79.7 Å². The molecule has 5 aliphatic rings. The molecular weight excluding hydrogens is 518 g/mol. The maximum atomic E-state index is 10.1. The molecule has 206 valence electrons. The van der Waals surface area contributed by atoms with Crippen molar-refractivity contribution in [3.05, 3.63) is 119 Å². The average molecular weight is 556 g/mol. The molecule has 8 rings (SSSR count). The zero-order chi connectivity index (χ0) is 27.6. The topological polar surface area (TPSA) is 33.0 Å². The molecule has 0 bridgehead atoms. The van der Waals surface area contributed by atoms with Crippen molar-refractivity contribution in [2.45, 2.75) is 90.8 Å². The molecule has 3 aliphatic carbocycles. The Morgan fingerprint density at radius 2 is 1.68 bits per heavy atom. The first kappa shape index (κ1) is 25.5. The first-order valence-corrected chi connectivity index (χ1v) is 16.4. The fourth-order valence-electron chi connectivity index (χ4n) is 8.64. The molecule has 2 aliphatic heterocycles. The number of nitriles is 1. The van der Waals surface area contributed by atoms with Gasteiger partial charge in [0.2, 0.25) is 0 Å². The highest BCUT2D eigenvalue weighted by Crippen LogP contribution is 2.59. The molecule has 0 spiro atoms. The van der Waals surface area contributed by atoms with E-state index in [1.165, 1.54) is 46.4 Å². The van der Waals surface area contributed by atoms with Gasteiger partial charge in [-0.05, 0) is 84.9 Å². The van der Waals surface area contributed by atoms with Gasteiger partial charge in [-0.3, -0.25) is 0 Å². The Balaban J connectivity index is 1.17. The molecule has 3 heteroatoms. The molecule has 0 radical (unpaired) electrons. The van der Waals surface area contributed by atoms with Crippen molar-refractivity contribution in [1.29, 1.82) is 5.26 Å². The number of thioether (sulfide) groups is 1. The monoisotopic (exact) mass is 555 g/mol. The van der Waals surface area contributed by atoms with Gasteiger partial charge in [0.05, 0.1) is 12.0 Å². The third-order valence-electron chi connectivity index (χ3n) is 10.9. The Kier molecular flexibility index (Phi) is 6.19. The van der Waals surface area contributed by atoms with E-state index < -0.39 is 0 Å². The third kappa shape index (κ3) is 4.21. The van der Waals surface area contributed by atoms with Crippen LogP contribution in [0.1, 0.15) is 96.9 Å². The van der Waals surface area contributed by atoms with Gasteiger partial charge < -0.3 is 4.74 Å². The van der Waals surface area contributed by atoms with Crippen molar-refractivity contribution < 1.29 is 4.74 Å². The Bertz CT molecular complexity index is 1600. The van der Waals surface area contributed by atoms with E-state index in [0.29, 0.717) is 23.0 Å². The van der Waals surface area contributed by atoms with Gasteiger partial charge >= 0.3 is 0 Å². The summed E-state index contributed by atoms with van der Waals surface area (Å²) in [6.07, 6.45) is 15.9. The number of fused-ring (bicyclic) bond motifs is 6. The molecule has 3 aromatic rings. The summed E-state index contributed by atoms with van der Waals surface area (Å²) in [4.78, 5) is 1.49. The van der Waals surface area contributed by atoms with Crippen LogP contribution in [0.25, 0.3) is 0 Å². The highest BCUT2D eigenvalue weighted by Gasteiger charge is 2.48. The Morgan fingerprint density at radius 1 is 0.878 bits per heavy atom. The quantitative estimate of drug-likeness (QED) is 0.302. The van der Waals surface area contributed by atoms with Crippen LogP contribution in [0.5, 0.6) is 5.75 Å². The van der Waals surface area contributed by atoms with Gasteiger partial charge in [0.25, 0.3) is 0 Å². The van der Waals surface area contributed by atoms with Gasteiger partial charge in [0, 0.05) is 38.9 Å². The Hall–Kier alpha value is -3.22. The lowest BCUT2D eigenvalue weighted by Gasteiger charge is -2.41. The number of nitrogens with zero attached hydrogens (tertiary/aromatic N) is 1. The zero-order valence-electron chi connectivity index (χ0n) is 23.7. The van der Waals surface area contributed by atoms with Crippen LogP contribution in [-0.2, 0) is 5.41 Å². The van der Waals surface area contributed by atoms with E-state index >= 15 is 0 Å². The largest absolute Gasteiger partial charge is 0.485 e. The minimum absolute atomic E-state index is 0.0517. The maximum absolute atomic E-state index is 10.1. The van der Waals surface area contributed by atoms with Crippen LogP contribution in [-0.4, -0.2) is 11.4 Å². The molecule has 0 amide bonds. The van der Waals surface area contributed by atoms with Crippen LogP contribution in [0.15, 0.2) is 95.9 Å². The van der Waals surface area contributed by atoms with Gasteiger partial charge in [-0.2, -0.15) is 5.26 Å². The molecule has 41 heavy (non-hydrogen) atoms. The van der Waals surface area contributed by atoms with Gasteiger partial charge in [-0.25, -0.2) is 0 Å². The Labute approximate surface area is 248 Å². The smallest absolute Gasteiger partial charge is 0.124 e. The summed E-state index contributed by atoms with van der Waals surface area (Å²) in [7, 11) is 0. The molecule has 8 atom stereocenters. The van der Waals surface area contributed by atoms with Crippen molar-refractivity contribution in [3.63, 3.8) is 0 Å². The molecule has 7 unspecified atom stereocenters. The lowest BCUT2D eigenvalue weighted by molar-refractivity contribution is 0.240. The normalized spacial score (nSPS) is 34.6. The summed E-state index contributed by atoms with van der Waals surface area (Å²) < 4.78 is 6.31. The lowest BCUT2D eigenvalue weighted by atomic mass is 9.65. The maximum Gasteiger partial charge on any atom is 0.124 e. The summed E-state index contributed by atoms with van der Waals surface area (Å²) in [5.74, 6) is 2.67. The molecule has 0 saturated heterocycles. The standard InChI is InChI=1S/C38H37NOS/c1-38-22-25(15-17-37(38)41-36-13-7-5-11-33(36)38)28-18-27(19-29(20-28)30-9-3-2-8-26(30)23-39)24-14-16-35-32(21-24)31-10-4-6-12-34(31)40-35/h2-7,10-14,16,18-20,24-26,30,32,35,37H,8-9,15,17,21-22H2,1H3/t24?,25?,26?,30?,32?,35?,37?,38-/m1/s1. The van der Waals surface area contributed by atoms with E-state index in [9.17, 15) is 5.26 Å². The predicted octanol–water partition coefficient (Wildman–Crippen LogP) is 9.55. The first-order valence-electron chi connectivity index (χ1n) is 15.5. The molecular formula is C38H37NOS. The number of ether oxygens (including phenoxy) is 1.